The van der Waals surface area contributed by atoms with Crippen LogP contribution in [0.15, 0.2) is 58.0 Å². The first kappa shape index (κ1) is 24.4. The average Bonchev–Trinajstić information content (AvgIpc) is 3.49. The molecule has 10 nitrogen and oxygen atoms in total. The number of nitrogens with zero attached hydrogens (tertiary/aromatic N) is 5. The van der Waals surface area contributed by atoms with Gasteiger partial charge in [-0.25, -0.2) is 13.1 Å². The SMILES string of the molecule is Cc1nn(-c2ccccc2)c(C)c1NC(=O)Cn1nc(C)c(S(=O)(=O)N(C)Cc2ccco2)c1C. The minimum atomic E-state index is -3.85. The molecule has 0 spiro atoms. The highest BCUT2D eigenvalue weighted by atomic mass is 32.2. The van der Waals surface area contributed by atoms with Crippen LogP contribution in [0, 0.1) is 27.7 Å². The molecule has 35 heavy (non-hydrogen) atoms. The summed E-state index contributed by atoms with van der Waals surface area (Å²) in [6.45, 7) is 6.91. The van der Waals surface area contributed by atoms with Gasteiger partial charge in [0.2, 0.25) is 15.9 Å². The van der Waals surface area contributed by atoms with E-state index in [1.165, 1.54) is 22.3 Å². The van der Waals surface area contributed by atoms with Crippen LogP contribution in [-0.4, -0.2) is 45.2 Å². The Labute approximate surface area is 204 Å². The van der Waals surface area contributed by atoms with Gasteiger partial charge in [0.25, 0.3) is 0 Å². The first-order chi connectivity index (χ1) is 16.6. The molecular formula is C24H28N6O4S. The molecule has 1 aromatic carbocycles. The number of para-hydroxylation sites is 1. The first-order valence-electron chi connectivity index (χ1n) is 11.0. The fourth-order valence-corrected chi connectivity index (χ4v) is 5.53. The average molecular weight is 497 g/mol. The second kappa shape index (κ2) is 9.51. The van der Waals surface area contributed by atoms with Crippen molar-refractivity contribution in [3.05, 3.63) is 77.3 Å². The zero-order valence-corrected chi connectivity index (χ0v) is 21.1. The third-order valence-electron chi connectivity index (χ3n) is 5.79. The van der Waals surface area contributed by atoms with Gasteiger partial charge in [-0.2, -0.15) is 14.5 Å². The van der Waals surface area contributed by atoms with Gasteiger partial charge in [0.15, 0.2) is 0 Å². The van der Waals surface area contributed by atoms with E-state index in [0.717, 1.165) is 11.4 Å². The fraction of sp³-hybridized carbons (Fsp3) is 0.292. The summed E-state index contributed by atoms with van der Waals surface area (Å²) in [6, 6.07) is 13.1. The third-order valence-corrected chi connectivity index (χ3v) is 7.85. The Morgan fingerprint density at radius 2 is 1.71 bits per heavy atom. The molecule has 3 heterocycles. The maximum atomic E-state index is 13.2. The highest BCUT2D eigenvalue weighted by molar-refractivity contribution is 7.89. The van der Waals surface area contributed by atoms with Crippen molar-refractivity contribution in [3.63, 3.8) is 0 Å². The molecule has 4 aromatic rings. The molecule has 0 fully saturated rings. The molecule has 0 saturated heterocycles. The molecule has 184 valence electrons. The standard InChI is InChI=1S/C24H28N6O4S/c1-16-23(18(3)30(27-16)20-10-7-6-8-11-20)25-22(31)15-29-19(4)24(17(2)26-29)35(32,33)28(5)14-21-12-9-13-34-21/h6-13H,14-15H2,1-5H3,(H,25,31). The largest absolute Gasteiger partial charge is 0.468 e. The molecule has 0 aliphatic carbocycles. The van der Waals surface area contributed by atoms with E-state index in [9.17, 15) is 13.2 Å². The Kier molecular flexibility index (Phi) is 6.64. The van der Waals surface area contributed by atoms with E-state index < -0.39 is 10.0 Å². The molecule has 0 unspecified atom stereocenters. The molecular weight excluding hydrogens is 468 g/mol. The van der Waals surface area contributed by atoms with Gasteiger partial charge >= 0.3 is 0 Å². The maximum Gasteiger partial charge on any atom is 0.246 e. The Hall–Kier alpha value is -3.70. The normalized spacial score (nSPS) is 11.8. The van der Waals surface area contributed by atoms with Crippen molar-refractivity contribution in [3.8, 4) is 5.69 Å². The van der Waals surface area contributed by atoms with Crippen molar-refractivity contribution in [2.45, 2.75) is 45.7 Å². The molecule has 0 bridgehead atoms. The lowest BCUT2D eigenvalue weighted by Crippen LogP contribution is -2.27. The molecule has 11 heteroatoms. The van der Waals surface area contributed by atoms with E-state index in [2.05, 4.69) is 15.5 Å². The van der Waals surface area contributed by atoms with E-state index >= 15 is 0 Å². The summed E-state index contributed by atoms with van der Waals surface area (Å²) in [6.07, 6.45) is 1.50. The zero-order chi connectivity index (χ0) is 25.3. The Bertz CT molecular complexity index is 1450. The highest BCUT2D eigenvalue weighted by Gasteiger charge is 2.30. The van der Waals surface area contributed by atoms with Crippen LogP contribution >= 0.6 is 0 Å². The van der Waals surface area contributed by atoms with E-state index in [1.54, 1.807) is 30.7 Å². The third kappa shape index (κ3) is 4.77. The van der Waals surface area contributed by atoms with Gasteiger partial charge in [-0.05, 0) is 52.0 Å². The van der Waals surface area contributed by atoms with Gasteiger partial charge < -0.3 is 9.73 Å². The maximum absolute atomic E-state index is 13.2. The minimum Gasteiger partial charge on any atom is -0.468 e. The van der Waals surface area contributed by atoms with Crippen molar-refractivity contribution in [1.29, 1.82) is 0 Å². The van der Waals surface area contributed by atoms with Crippen LogP contribution < -0.4 is 5.32 Å². The van der Waals surface area contributed by atoms with Crippen LogP contribution in [-0.2, 0) is 27.9 Å². The van der Waals surface area contributed by atoms with Crippen LogP contribution in [0.1, 0.15) is 28.5 Å². The van der Waals surface area contributed by atoms with Crippen LogP contribution in [0.2, 0.25) is 0 Å². The summed E-state index contributed by atoms with van der Waals surface area (Å²) in [5.41, 5.74) is 3.68. The van der Waals surface area contributed by atoms with Crippen LogP contribution in [0.5, 0.6) is 0 Å². The van der Waals surface area contributed by atoms with Crippen molar-refractivity contribution in [2.24, 2.45) is 0 Å². The fourth-order valence-electron chi connectivity index (χ4n) is 4.03. The van der Waals surface area contributed by atoms with E-state index in [1.807, 2.05) is 44.2 Å². The number of carbonyl (C=O) groups excluding carboxylic acids is 1. The van der Waals surface area contributed by atoms with Crippen LogP contribution in [0.4, 0.5) is 5.69 Å². The lowest BCUT2D eigenvalue weighted by atomic mass is 10.3. The molecule has 0 radical (unpaired) electrons. The van der Waals surface area contributed by atoms with Crippen LogP contribution in [0.3, 0.4) is 0 Å². The van der Waals surface area contributed by atoms with E-state index in [4.69, 9.17) is 4.42 Å². The molecule has 1 amide bonds. The van der Waals surface area contributed by atoms with Crippen molar-refractivity contribution in [1.82, 2.24) is 23.9 Å². The summed E-state index contributed by atoms with van der Waals surface area (Å²) in [7, 11) is -2.36. The summed E-state index contributed by atoms with van der Waals surface area (Å²) >= 11 is 0. The number of aromatic nitrogens is 4. The molecule has 0 saturated carbocycles. The van der Waals surface area contributed by atoms with Gasteiger partial charge in [0, 0.05) is 7.05 Å². The van der Waals surface area contributed by atoms with Crippen LogP contribution in [0.25, 0.3) is 5.69 Å². The van der Waals surface area contributed by atoms with Crippen molar-refractivity contribution < 1.29 is 17.6 Å². The summed E-state index contributed by atoms with van der Waals surface area (Å²) in [5, 5.41) is 11.8. The lowest BCUT2D eigenvalue weighted by molar-refractivity contribution is -0.117. The number of amides is 1. The number of anilines is 1. The molecule has 3 aromatic heterocycles. The number of carbonyl (C=O) groups is 1. The molecule has 0 atom stereocenters. The predicted molar refractivity (Wildman–Crippen MR) is 131 cm³/mol. The van der Waals surface area contributed by atoms with Crippen molar-refractivity contribution in [2.75, 3.05) is 12.4 Å². The number of hydrogen-bond acceptors (Lipinski definition) is 6. The number of hydrogen-bond donors (Lipinski definition) is 1. The Balaban J connectivity index is 1.54. The zero-order valence-electron chi connectivity index (χ0n) is 20.3. The monoisotopic (exact) mass is 496 g/mol. The predicted octanol–water partition coefficient (Wildman–Crippen LogP) is 3.35. The van der Waals surface area contributed by atoms with Gasteiger partial charge in [-0.15, -0.1) is 0 Å². The highest BCUT2D eigenvalue weighted by Crippen LogP contribution is 2.25. The number of furan rings is 1. The molecule has 4 rings (SSSR count). The summed E-state index contributed by atoms with van der Waals surface area (Å²) in [5.74, 6) is 0.197. The second-order valence-corrected chi connectivity index (χ2v) is 10.3. The number of nitrogens with one attached hydrogen (secondary N) is 1. The van der Waals surface area contributed by atoms with Crippen molar-refractivity contribution >= 4 is 21.6 Å². The minimum absolute atomic E-state index is 0.0867. The number of benzene rings is 1. The van der Waals surface area contributed by atoms with Gasteiger partial charge in [-0.3, -0.25) is 9.48 Å². The molecule has 1 N–H and O–H groups in total. The number of aryl methyl sites for hydroxylation is 2. The molecule has 0 aliphatic rings. The number of sulfonamides is 1. The smallest absolute Gasteiger partial charge is 0.246 e. The quantitative estimate of drug-likeness (QED) is 0.400. The lowest BCUT2D eigenvalue weighted by Gasteiger charge is -2.16. The Morgan fingerprint density at radius 1 is 1.00 bits per heavy atom. The second-order valence-electron chi connectivity index (χ2n) is 8.34. The molecule has 0 aliphatic heterocycles. The van der Waals surface area contributed by atoms with E-state index in [0.29, 0.717) is 28.5 Å². The first-order valence-corrected chi connectivity index (χ1v) is 12.5. The van der Waals surface area contributed by atoms with Gasteiger partial charge in [-0.1, -0.05) is 18.2 Å². The van der Waals surface area contributed by atoms with Gasteiger partial charge in [0.1, 0.15) is 17.2 Å². The Morgan fingerprint density at radius 3 is 2.37 bits per heavy atom. The number of rotatable bonds is 8. The summed E-state index contributed by atoms with van der Waals surface area (Å²) in [4.78, 5) is 13.0. The topological polar surface area (TPSA) is 115 Å². The van der Waals surface area contributed by atoms with E-state index in [-0.39, 0.29) is 23.9 Å². The van der Waals surface area contributed by atoms with Gasteiger partial charge in [0.05, 0.1) is 47.0 Å². The summed E-state index contributed by atoms with van der Waals surface area (Å²) < 4.78 is 36.1.